The molecule has 0 bridgehead atoms. The minimum Gasteiger partial charge on any atom is -0.478 e. The Morgan fingerprint density at radius 1 is 0.741 bits per heavy atom. The molecular formula is C23H28O4. The quantitative estimate of drug-likeness (QED) is 0.393. The van der Waals surface area contributed by atoms with Crippen molar-refractivity contribution in [2.24, 2.45) is 0 Å². The zero-order valence-electron chi connectivity index (χ0n) is 15.9. The number of esters is 1. The van der Waals surface area contributed by atoms with Gasteiger partial charge in [0.15, 0.2) is 0 Å². The summed E-state index contributed by atoms with van der Waals surface area (Å²) >= 11 is 0. The zero-order valence-corrected chi connectivity index (χ0v) is 15.9. The van der Waals surface area contributed by atoms with Gasteiger partial charge < -0.3 is 9.84 Å². The summed E-state index contributed by atoms with van der Waals surface area (Å²) in [5.41, 5.74) is 2.62. The molecule has 0 aliphatic heterocycles. The first-order valence-corrected chi connectivity index (χ1v) is 9.72. The first-order valence-electron chi connectivity index (χ1n) is 9.72. The zero-order chi connectivity index (χ0) is 19.5. The lowest BCUT2D eigenvalue weighted by molar-refractivity contribution is 0.0497. The Morgan fingerprint density at radius 2 is 1.22 bits per heavy atom. The molecule has 1 N–H and O–H groups in total. The summed E-state index contributed by atoms with van der Waals surface area (Å²) in [7, 11) is 0. The smallest absolute Gasteiger partial charge is 0.338 e. The fraction of sp³-hybridized carbons (Fsp3) is 0.391. The summed E-state index contributed by atoms with van der Waals surface area (Å²) in [5, 5.41) is 8.95. The van der Waals surface area contributed by atoms with Gasteiger partial charge in [0.05, 0.1) is 17.7 Å². The highest BCUT2D eigenvalue weighted by atomic mass is 16.5. The lowest BCUT2D eigenvalue weighted by atomic mass is 10.0. The van der Waals surface area contributed by atoms with E-state index >= 15 is 0 Å². The Labute approximate surface area is 161 Å². The molecule has 2 aromatic rings. The number of ether oxygens (including phenoxy) is 1. The Morgan fingerprint density at radius 3 is 1.74 bits per heavy atom. The summed E-state index contributed by atoms with van der Waals surface area (Å²) in [4.78, 5) is 23.0. The second-order valence-corrected chi connectivity index (χ2v) is 6.72. The summed E-state index contributed by atoms with van der Waals surface area (Å²) in [6, 6.07) is 13.8. The second-order valence-electron chi connectivity index (χ2n) is 6.72. The highest BCUT2D eigenvalue weighted by Gasteiger charge is 2.08. The predicted molar refractivity (Wildman–Crippen MR) is 107 cm³/mol. The fourth-order valence-corrected chi connectivity index (χ4v) is 2.91. The van der Waals surface area contributed by atoms with Gasteiger partial charge in [0.2, 0.25) is 0 Å². The fourth-order valence-electron chi connectivity index (χ4n) is 2.91. The molecule has 0 amide bonds. The first kappa shape index (κ1) is 20.7. The molecule has 0 saturated carbocycles. The number of aromatic carboxylic acids is 1. The molecule has 0 radical (unpaired) electrons. The van der Waals surface area contributed by atoms with Gasteiger partial charge in [-0.05, 0) is 41.8 Å². The van der Waals surface area contributed by atoms with Gasteiger partial charge in [-0.3, -0.25) is 0 Å². The molecule has 0 unspecified atom stereocenters. The standard InChI is InChI=1S/C23H28O4/c1-2-3-4-5-6-7-8-17-27-23(26)21-15-11-19(12-16-21)18-9-13-20(14-10-18)22(24)25/h9-16H,2-8,17H2,1H3,(H,24,25). The van der Waals surface area contributed by atoms with E-state index in [9.17, 15) is 9.59 Å². The van der Waals surface area contributed by atoms with E-state index in [0.29, 0.717) is 12.2 Å². The van der Waals surface area contributed by atoms with Gasteiger partial charge in [-0.1, -0.05) is 69.7 Å². The molecule has 0 fully saturated rings. The average molecular weight is 368 g/mol. The number of carboxylic acids is 1. The maximum atomic E-state index is 12.1. The molecule has 144 valence electrons. The van der Waals surface area contributed by atoms with Crippen LogP contribution in [0.4, 0.5) is 0 Å². The Balaban J connectivity index is 1.77. The molecule has 2 aromatic carbocycles. The van der Waals surface area contributed by atoms with E-state index in [1.54, 1.807) is 36.4 Å². The van der Waals surface area contributed by atoms with Gasteiger partial charge in [-0.2, -0.15) is 0 Å². The highest BCUT2D eigenvalue weighted by Crippen LogP contribution is 2.21. The van der Waals surface area contributed by atoms with Crippen LogP contribution in [0, 0.1) is 0 Å². The van der Waals surface area contributed by atoms with E-state index in [0.717, 1.165) is 24.0 Å². The topological polar surface area (TPSA) is 63.6 Å². The SMILES string of the molecule is CCCCCCCCCOC(=O)c1ccc(-c2ccc(C(=O)O)cc2)cc1. The molecule has 0 atom stereocenters. The Kier molecular flexibility index (Phi) is 8.56. The molecule has 0 aliphatic rings. The predicted octanol–water partition coefficient (Wildman–Crippen LogP) is 5.96. The van der Waals surface area contributed by atoms with Crippen molar-refractivity contribution >= 4 is 11.9 Å². The Hall–Kier alpha value is -2.62. The molecule has 27 heavy (non-hydrogen) atoms. The number of carboxylic acid groups (broad SMARTS) is 1. The number of hydrogen-bond donors (Lipinski definition) is 1. The van der Waals surface area contributed by atoms with Crippen molar-refractivity contribution in [3.8, 4) is 11.1 Å². The van der Waals surface area contributed by atoms with E-state index in [1.807, 2.05) is 12.1 Å². The number of unbranched alkanes of at least 4 members (excludes halogenated alkanes) is 6. The van der Waals surface area contributed by atoms with Crippen LogP contribution in [0.15, 0.2) is 48.5 Å². The summed E-state index contributed by atoms with van der Waals surface area (Å²) in [6.45, 7) is 2.67. The molecule has 0 heterocycles. The van der Waals surface area contributed by atoms with Gasteiger partial charge in [0, 0.05) is 0 Å². The van der Waals surface area contributed by atoms with E-state index in [4.69, 9.17) is 9.84 Å². The van der Waals surface area contributed by atoms with E-state index in [2.05, 4.69) is 6.92 Å². The van der Waals surface area contributed by atoms with Gasteiger partial charge in [0.25, 0.3) is 0 Å². The largest absolute Gasteiger partial charge is 0.478 e. The molecule has 2 rings (SSSR count). The van der Waals surface area contributed by atoms with E-state index in [-0.39, 0.29) is 11.5 Å². The second kappa shape index (κ2) is 11.2. The average Bonchev–Trinajstić information content (AvgIpc) is 2.70. The number of hydrogen-bond acceptors (Lipinski definition) is 3. The van der Waals surface area contributed by atoms with Crippen LogP contribution in [-0.4, -0.2) is 23.7 Å². The van der Waals surface area contributed by atoms with Crippen LogP contribution < -0.4 is 0 Å². The van der Waals surface area contributed by atoms with Crippen molar-refractivity contribution in [1.29, 1.82) is 0 Å². The van der Waals surface area contributed by atoms with Gasteiger partial charge in [-0.15, -0.1) is 0 Å². The van der Waals surface area contributed by atoms with Crippen molar-refractivity contribution in [2.45, 2.75) is 51.9 Å². The molecule has 4 heteroatoms. The highest BCUT2D eigenvalue weighted by molar-refractivity contribution is 5.90. The van der Waals surface area contributed by atoms with Gasteiger partial charge >= 0.3 is 11.9 Å². The molecule has 0 aromatic heterocycles. The van der Waals surface area contributed by atoms with E-state index in [1.165, 1.54) is 32.1 Å². The lowest BCUT2D eigenvalue weighted by Crippen LogP contribution is -2.06. The third-order valence-electron chi connectivity index (χ3n) is 4.57. The summed E-state index contributed by atoms with van der Waals surface area (Å²) in [5.74, 6) is -1.24. The van der Waals surface area contributed by atoms with Crippen molar-refractivity contribution in [3.05, 3.63) is 59.7 Å². The van der Waals surface area contributed by atoms with Crippen LogP contribution in [0.1, 0.15) is 72.6 Å². The number of rotatable bonds is 11. The number of benzene rings is 2. The maximum Gasteiger partial charge on any atom is 0.338 e. The van der Waals surface area contributed by atoms with Crippen molar-refractivity contribution < 1.29 is 19.4 Å². The van der Waals surface area contributed by atoms with E-state index < -0.39 is 5.97 Å². The molecule has 0 spiro atoms. The number of carbonyl (C=O) groups excluding carboxylic acids is 1. The molecular weight excluding hydrogens is 340 g/mol. The minimum absolute atomic E-state index is 0.254. The van der Waals surface area contributed by atoms with Crippen molar-refractivity contribution in [2.75, 3.05) is 6.61 Å². The molecule has 4 nitrogen and oxygen atoms in total. The number of carbonyl (C=O) groups is 2. The van der Waals surface area contributed by atoms with Gasteiger partial charge in [0.1, 0.15) is 0 Å². The van der Waals surface area contributed by atoms with Crippen LogP contribution in [0.3, 0.4) is 0 Å². The normalized spacial score (nSPS) is 10.6. The monoisotopic (exact) mass is 368 g/mol. The Bertz CT molecular complexity index is 717. The van der Waals surface area contributed by atoms with Crippen molar-refractivity contribution in [1.82, 2.24) is 0 Å². The summed E-state index contributed by atoms with van der Waals surface area (Å²) in [6.07, 6.45) is 8.32. The van der Waals surface area contributed by atoms with Gasteiger partial charge in [-0.25, -0.2) is 9.59 Å². The van der Waals surface area contributed by atoms with Crippen LogP contribution in [0.2, 0.25) is 0 Å². The lowest BCUT2D eigenvalue weighted by Gasteiger charge is -2.07. The van der Waals surface area contributed by atoms with Crippen LogP contribution in [-0.2, 0) is 4.74 Å². The third-order valence-corrected chi connectivity index (χ3v) is 4.57. The van der Waals surface area contributed by atoms with Crippen LogP contribution in [0.25, 0.3) is 11.1 Å². The van der Waals surface area contributed by atoms with Crippen molar-refractivity contribution in [3.63, 3.8) is 0 Å². The van der Waals surface area contributed by atoms with Crippen LogP contribution >= 0.6 is 0 Å². The molecule has 0 saturated heterocycles. The maximum absolute atomic E-state index is 12.1. The summed E-state index contributed by atoms with van der Waals surface area (Å²) < 4.78 is 5.34. The van der Waals surface area contributed by atoms with Crippen LogP contribution in [0.5, 0.6) is 0 Å². The minimum atomic E-state index is -0.944. The molecule has 0 aliphatic carbocycles. The first-order chi connectivity index (χ1) is 13.1. The third kappa shape index (κ3) is 6.89.